The van der Waals surface area contributed by atoms with Crippen LogP contribution in [0.25, 0.3) is 0 Å². The summed E-state index contributed by atoms with van der Waals surface area (Å²) in [6.45, 7) is 2.39. The van der Waals surface area contributed by atoms with Gasteiger partial charge in [-0.25, -0.2) is 5.43 Å². The average Bonchev–Trinajstić information content (AvgIpc) is 2.85. The first kappa shape index (κ1) is 24.6. The van der Waals surface area contributed by atoms with Gasteiger partial charge in [0.2, 0.25) is 0 Å². The molecule has 11 heteroatoms. The van der Waals surface area contributed by atoms with Gasteiger partial charge >= 0.3 is 11.8 Å². The standard InChI is InChI=1S/C24H21N5O6/c1-2-35-19-12-10-17(11-13-19)26-22(30)20-8-3-4-9-21(20)27-23(31)24(32)28-25-15-16-6-5-7-18(14-16)29(33)34/h3-15H,2H2,1H3,(H,26,30)(H,27,31)(H,28,32)/b25-15-. The van der Waals surface area contributed by atoms with Gasteiger partial charge in [-0.15, -0.1) is 0 Å². The number of amides is 3. The lowest BCUT2D eigenvalue weighted by atomic mass is 10.1. The summed E-state index contributed by atoms with van der Waals surface area (Å²) >= 11 is 0. The number of carbonyl (C=O) groups excluding carboxylic acids is 3. The maximum atomic E-state index is 12.7. The fourth-order valence-corrected chi connectivity index (χ4v) is 2.90. The molecule has 0 radical (unpaired) electrons. The van der Waals surface area contributed by atoms with Crippen molar-refractivity contribution in [3.05, 3.63) is 94.0 Å². The van der Waals surface area contributed by atoms with Gasteiger partial charge in [0.25, 0.3) is 11.6 Å². The zero-order valence-corrected chi connectivity index (χ0v) is 18.6. The largest absolute Gasteiger partial charge is 0.494 e. The molecular weight excluding hydrogens is 454 g/mol. The van der Waals surface area contributed by atoms with Gasteiger partial charge in [-0.2, -0.15) is 5.10 Å². The zero-order chi connectivity index (χ0) is 25.2. The van der Waals surface area contributed by atoms with Crippen LogP contribution < -0.4 is 20.8 Å². The van der Waals surface area contributed by atoms with Crippen molar-refractivity contribution in [3.63, 3.8) is 0 Å². The predicted molar refractivity (Wildman–Crippen MR) is 129 cm³/mol. The Labute approximate surface area is 200 Å². The molecule has 0 fully saturated rings. The number of hydrazone groups is 1. The molecule has 0 saturated carbocycles. The normalized spacial score (nSPS) is 10.4. The molecule has 3 amide bonds. The number of non-ortho nitro benzene ring substituents is 1. The lowest BCUT2D eigenvalue weighted by Gasteiger charge is -2.11. The van der Waals surface area contributed by atoms with E-state index in [9.17, 15) is 24.5 Å². The van der Waals surface area contributed by atoms with Gasteiger partial charge in [0.15, 0.2) is 0 Å². The number of anilines is 2. The van der Waals surface area contributed by atoms with Crippen molar-refractivity contribution in [2.45, 2.75) is 6.92 Å². The Bertz CT molecular complexity index is 1270. The van der Waals surface area contributed by atoms with E-state index in [-0.39, 0.29) is 16.9 Å². The molecule has 0 saturated heterocycles. The number of nitrogens with zero attached hydrogens (tertiary/aromatic N) is 2. The predicted octanol–water partition coefficient (Wildman–Crippen LogP) is 3.33. The first-order valence-corrected chi connectivity index (χ1v) is 10.4. The number of hydrogen-bond acceptors (Lipinski definition) is 7. The summed E-state index contributed by atoms with van der Waals surface area (Å²) in [5.41, 5.74) is 3.04. The SMILES string of the molecule is CCOc1ccc(NC(=O)c2ccccc2NC(=O)C(=O)N/N=C\c2cccc([N+](=O)[O-])c2)cc1. The Morgan fingerprint density at radius 2 is 1.71 bits per heavy atom. The van der Waals surface area contributed by atoms with Crippen LogP contribution in [0.15, 0.2) is 77.9 Å². The van der Waals surface area contributed by atoms with Crippen LogP contribution in [0.3, 0.4) is 0 Å². The molecule has 3 rings (SSSR count). The van der Waals surface area contributed by atoms with Gasteiger partial charge < -0.3 is 15.4 Å². The van der Waals surface area contributed by atoms with E-state index in [1.807, 2.05) is 12.3 Å². The summed E-state index contributed by atoms with van der Waals surface area (Å²) in [4.78, 5) is 47.4. The molecule has 0 spiro atoms. The highest BCUT2D eigenvalue weighted by Crippen LogP contribution is 2.20. The zero-order valence-electron chi connectivity index (χ0n) is 18.6. The minimum atomic E-state index is -1.09. The van der Waals surface area contributed by atoms with Crippen LogP contribution in [-0.2, 0) is 9.59 Å². The minimum Gasteiger partial charge on any atom is -0.494 e. The van der Waals surface area contributed by atoms with Crippen LogP contribution in [0.4, 0.5) is 17.1 Å². The van der Waals surface area contributed by atoms with Gasteiger partial charge in [0.1, 0.15) is 5.75 Å². The fraction of sp³-hybridized carbons (Fsp3) is 0.0833. The molecule has 3 aromatic carbocycles. The Hall–Kier alpha value is -5.06. The summed E-state index contributed by atoms with van der Waals surface area (Å²) in [6.07, 6.45) is 1.16. The molecule has 3 N–H and O–H groups in total. The summed E-state index contributed by atoms with van der Waals surface area (Å²) in [6, 6.07) is 18.5. The molecule has 35 heavy (non-hydrogen) atoms. The van der Waals surface area contributed by atoms with Crippen LogP contribution in [-0.4, -0.2) is 35.5 Å². The minimum absolute atomic E-state index is 0.124. The first-order valence-electron chi connectivity index (χ1n) is 10.4. The molecule has 0 atom stereocenters. The summed E-state index contributed by atoms with van der Waals surface area (Å²) in [5.74, 6) is -1.97. The number of nitro benzene ring substituents is 1. The molecule has 11 nitrogen and oxygen atoms in total. The van der Waals surface area contributed by atoms with E-state index in [0.29, 0.717) is 23.6 Å². The maximum Gasteiger partial charge on any atom is 0.329 e. The summed E-state index contributed by atoms with van der Waals surface area (Å²) in [7, 11) is 0. The lowest BCUT2D eigenvalue weighted by molar-refractivity contribution is -0.384. The quantitative estimate of drug-likeness (QED) is 0.197. The number of nitrogens with one attached hydrogen (secondary N) is 3. The highest BCUT2D eigenvalue weighted by molar-refractivity contribution is 6.40. The summed E-state index contributed by atoms with van der Waals surface area (Å²) < 4.78 is 5.37. The molecule has 0 aromatic heterocycles. The van der Waals surface area contributed by atoms with Gasteiger partial charge in [-0.05, 0) is 43.3 Å². The topological polar surface area (TPSA) is 152 Å². The van der Waals surface area contributed by atoms with Crippen molar-refractivity contribution >= 4 is 41.0 Å². The average molecular weight is 475 g/mol. The molecule has 0 aliphatic rings. The van der Waals surface area contributed by atoms with Crippen molar-refractivity contribution < 1.29 is 24.0 Å². The van der Waals surface area contributed by atoms with Crippen molar-refractivity contribution in [3.8, 4) is 5.75 Å². The van der Waals surface area contributed by atoms with Crippen LogP contribution in [0, 0.1) is 10.1 Å². The van der Waals surface area contributed by atoms with E-state index >= 15 is 0 Å². The number of ether oxygens (including phenoxy) is 1. The second-order valence-electron chi connectivity index (χ2n) is 6.96. The van der Waals surface area contributed by atoms with E-state index in [1.165, 1.54) is 30.3 Å². The smallest absolute Gasteiger partial charge is 0.329 e. The third-order valence-electron chi connectivity index (χ3n) is 4.51. The molecule has 3 aromatic rings. The molecule has 0 unspecified atom stereocenters. The number of para-hydroxylation sites is 1. The van der Waals surface area contributed by atoms with Gasteiger partial charge in [-0.1, -0.05) is 24.3 Å². The Morgan fingerprint density at radius 1 is 0.971 bits per heavy atom. The number of hydrogen-bond donors (Lipinski definition) is 3. The van der Waals surface area contributed by atoms with Crippen LogP contribution in [0.5, 0.6) is 5.75 Å². The maximum absolute atomic E-state index is 12.7. The van der Waals surface area contributed by atoms with Crippen molar-refractivity contribution in [1.29, 1.82) is 0 Å². The van der Waals surface area contributed by atoms with E-state index in [4.69, 9.17) is 4.74 Å². The molecule has 0 bridgehead atoms. The first-order chi connectivity index (χ1) is 16.9. The highest BCUT2D eigenvalue weighted by atomic mass is 16.6. The second-order valence-corrected chi connectivity index (χ2v) is 6.96. The van der Waals surface area contributed by atoms with E-state index in [0.717, 1.165) is 6.21 Å². The van der Waals surface area contributed by atoms with E-state index in [2.05, 4.69) is 15.7 Å². The number of benzene rings is 3. The molecule has 0 aliphatic carbocycles. The van der Waals surface area contributed by atoms with Crippen molar-refractivity contribution in [2.24, 2.45) is 5.10 Å². The number of nitro groups is 1. The lowest BCUT2D eigenvalue weighted by Crippen LogP contribution is -2.33. The van der Waals surface area contributed by atoms with E-state index < -0.39 is 22.6 Å². The fourth-order valence-electron chi connectivity index (χ4n) is 2.90. The Balaban J connectivity index is 1.62. The number of rotatable bonds is 8. The van der Waals surface area contributed by atoms with E-state index in [1.54, 1.807) is 42.5 Å². The number of carbonyl (C=O) groups is 3. The molecule has 0 aliphatic heterocycles. The third-order valence-corrected chi connectivity index (χ3v) is 4.51. The van der Waals surface area contributed by atoms with Gasteiger partial charge in [0.05, 0.1) is 29.0 Å². The van der Waals surface area contributed by atoms with Crippen LogP contribution in [0.1, 0.15) is 22.8 Å². The van der Waals surface area contributed by atoms with Crippen molar-refractivity contribution in [2.75, 3.05) is 17.2 Å². The molecule has 178 valence electrons. The van der Waals surface area contributed by atoms with Crippen LogP contribution >= 0.6 is 0 Å². The Kier molecular flexibility index (Phi) is 8.22. The molecule has 0 heterocycles. The monoisotopic (exact) mass is 475 g/mol. The highest BCUT2D eigenvalue weighted by Gasteiger charge is 2.18. The van der Waals surface area contributed by atoms with Gasteiger partial charge in [0, 0.05) is 23.4 Å². The van der Waals surface area contributed by atoms with Crippen LogP contribution in [0.2, 0.25) is 0 Å². The second kappa shape index (κ2) is 11.7. The van der Waals surface area contributed by atoms with Crippen molar-refractivity contribution in [1.82, 2.24) is 5.43 Å². The molecular formula is C24H21N5O6. The summed E-state index contributed by atoms with van der Waals surface area (Å²) in [5, 5.41) is 19.6. The van der Waals surface area contributed by atoms with Gasteiger partial charge in [-0.3, -0.25) is 24.5 Å². The third kappa shape index (κ3) is 6.96. The Morgan fingerprint density at radius 3 is 2.43 bits per heavy atom.